The molecular weight excluding hydrogens is 262 g/mol. The van der Waals surface area contributed by atoms with Crippen LogP contribution in [-0.4, -0.2) is 36.2 Å². The number of thiazole rings is 1. The Morgan fingerprint density at radius 2 is 2.26 bits per heavy atom. The Labute approximate surface area is 116 Å². The van der Waals surface area contributed by atoms with Gasteiger partial charge in [0.1, 0.15) is 18.2 Å². The van der Waals surface area contributed by atoms with Crippen LogP contribution in [0.5, 0.6) is 0 Å². The molecule has 7 heteroatoms. The lowest BCUT2D eigenvalue weighted by molar-refractivity contribution is 0.178. The van der Waals surface area contributed by atoms with Gasteiger partial charge in [-0.15, -0.1) is 11.3 Å². The molecule has 0 radical (unpaired) electrons. The molecule has 0 fully saturated rings. The summed E-state index contributed by atoms with van der Waals surface area (Å²) in [6, 6.07) is 1.91. The monoisotopic (exact) mass is 279 g/mol. The molecule has 0 aliphatic carbocycles. The number of methoxy groups -OCH3 is 1. The van der Waals surface area contributed by atoms with Crippen molar-refractivity contribution in [2.75, 3.05) is 31.4 Å². The minimum Gasteiger partial charge on any atom is -0.377 e. The van der Waals surface area contributed by atoms with Crippen LogP contribution in [0.1, 0.15) is 11.5 Å². The second-order valence-corrected chi connectivity index (χ2v) is 4.77. The Bertz CT molecular complexity index is 517. The smallest absolute Gasteiger partial charge is 0.158 e. The molecule has 0 saturated heterocycles. The van der Waals surface area contributed by atoms with Crippen LogP contribution in [-0.2, 0) is 17.9 Å². The summed E-state index contributed by atoms with van der Waals surface area (Å²) in [5.74, 6) is 2.29. The second kappa shape index (κ2) is 6.44. The van der Waals surface area contributed by atoms with E-state index >= 15 is 0 Å². The number of aromatic nitrogens is 3. The van der Waals surface area contributed by atoms with Crippen molar-refractivity contribution < 1.29 is 4.74 Å². The van der Waals surface area contributed by atoms with Crippen molar-refractivity contribution >= 4 is 23.0 Å². The lowest BCUT2D eigenvalue weighted by Gasteiger charge is -2.18. The highest BCUT2D eigenvalue weighted by Gasteiger charge is 2.09. The largest absolute Gasteiger partial charge is 0.377 e. The highest BCUT2D eigenvalue weighted by molar-refractivity contribution is 7.07. The molecule has 0 aliphatic rings. The predicted octanol–water partition coefficient (Wildman–Crippen LogP) is 1.76. The van der Waals surface area contributed by atoms with E-state index in [1.165, 1.54) is 0 Å². The summed E-state index contributed by atoms with van der Waals surface area (Å²) in [4.78, 5) is 15.1. The van der Waals surface area contributed by atoms with Crippen molar-refractivity contribution in [3.63, 3.8) is 0 Å². The SMILES string of the molecule is CNc1cc(N(C)Cc2cscn2)nc(COC)n1. The number of ether oxygens (including phenoxy) is 1. The summed E-state index contributed by atoms with van der Waals surface area (Å²) in [5.41, 5.74) is 2.86. The maximum absolute atomic E-state index is 5.09. The minimum atomic E-state index is 0.396. The van der Waals surface area contributed by atoms with Crippen molar-refractivity contribution in [3.05, 3.63) is 28.5 Å². The van der Waals surface area contributed by atoms with Gasteiger partial charge in [0, 0.05) is 32.7 Å². The number of nitrogens with one attached hydrogen (secondary N) is 1. The zero-order valence-electron chi connectivity index (χ0n) is 11.3. The van der Waals surface area contributed by atoms with Crippen molar-refractivity contribution in [1.82, 2.24) is 15.0 Å². The topological polar surface area (TPSA) is 63.2 Å². The lowest BCUT2D eigenvalue weighted by atomic mass is 10.4. The Hall–Kier alpha value is -1.73. The normalized spacial score (nSPS) is 10.5. The molecule has 0 aromatic carbocycles. The van der Waals surface area contributed by atoms with Crippen molar-refractivity contribution in [1.29, 1.82) is 0 Å². The number of hydrogen-bond acceptors (Lipinski definition) is 7. The van der Waals surface area contributed by atoms with Crippen LogP contribution in [0, 0.1) is 0 Å². The van der Waals surface area contributed by atoms with Gasteiger partial charge in [0.15, 0.2) is 5.82 Å². The molecule has 2 heterocycles. The lowest BCUT2D eigenvalue weighted by Crippen LogP contribution is -2.19. The highest BCUT2D eigenvalue weighted by Crippen LogP contribution is 2.17. The minimum absolute atomic E-state index is 0.396. The maximum Gasteiger partial charge on any atom is 0.158 e. The van der Waals surface area contributed by atoms with Gasteiger partial charge in [-0.25, -0.2) is 15.0 Å². The first kappa shape index (κ1) is 13.7. The second-order valence-electron chi connectivity index (χ2n) is 4.05. The molecule has 2 aromatic rings. The molecule has 0 bridgehead atoms. The molecule has 0 aliphatic heterocycles. The van der Waals surface area contributed by atoms with Crippen molar-refractivity contribution in [2.24, 2.45) is 0 Å². The standard InChI is InChI=1S/C12H17N5OS/c1-13-10-4-12(16-11(15-10)6-18-3)17(2)5-9-7-19-8-14-9/h4,7-8H,5-6H2,1-3H3,(H,13,15,16). The van der Waals surface area contributed by atoms with E-state index in [0.717, 1.165) is 23.9 Å². The molecule has 0 amide bonds. The van der Waals surface area contributed by atoms with E-state index in [1.807, 2.05) is 36.0 Å². The van der Waals surface area contributed by atoms with E-state index in [9.17, 15) is 0 Å². The summed E-state index contributed by atoms with van der Waals surface area (Å²) < 4.78 is 5.09. The van der Waals surface area contributed by atoms with Gasteiger partial charge in [-0.2, -0.15) is 0 Å². The summed E-state index contributed by atoms with van der Waals surface area (Å²) in [6.45, 7) is 1.11. The van der Waals surface area contributed by atoms with E-state index in [4.69, 9.17) is 4.74 Å². The average Bonchev–Trinajstić information content (AvgIpc) is 2.91. The summed E-state index contributed by atoms with van der Waals surface area (Å²) >= 11 is 1.59. The molecular formula is C12H17N5OS. The Morgan fingerprint density at radius 3 is 2.89 bits per heavy atom. The quantitative estimate of drug-likeness (QED) is 0.869. The molecule has 6 nitrogen and oxygen atoms in total. The van der Waals surface area contributed by atoms with Crippen molar-refractivity contribution in [3.8, 4) is 0 Å². The molecule has 0 saturated carbocycles. The molecule has 0 unspecified atom stereocenters. The van der Waals surface area contributed by atoms with Crippen LogP contribution in [0.3, 0.4) is 0 Å². The van der Waals surface area contributed by atoms with E-state index in [2.05, 4.69) is 20.3 Å². The summed E-state index contributed by atoms with van der Waals surface area (Å²) in [6.07, 6.45) is 0. The van der Waals surface area contributed by atoms with Crippen LogP contribution in [0.15, 0.2) is 17.0 Å². The molecule has 0 spiro atoms. The molecule has 0 atom stereocenters. The molecule has 2 aromatic heterocycles. The zero-order valence-corrected chi connectivity index (χ0v) is 12.1. The van der Waals surface area contributed by atoms with Gasteiger partial charge >= 0.3 is 0 Å². The van der Waals surface area contributed by atoms with Crippen LogP contribution < -0.4 is 10.2 Å². The third-order valence-electron chi connectivity index (χ3n) is 2.56. The first-order chi connectivity index (χ1) is 9.22. The number of anilines is 2. The Kier molecular flexibility index (Phi) is 4.64. The number of rotatable bonds is 6. The first-order valence-electron chi connectivity index (χ1n) is 5.85. The fraction of sp³-hybridized carbons (Fsp3) is 0.417. The predicted molar refractivity (Wildman–Crippen MR) is 76.5 cm³/mol. The Balaban J connectivity index is 2.19. The number of hydrogen-bond donors (Lipinski definition) is 1. The van der Waals surface area contributed by atoms with Gasteiger partial charge < -0.3 is 15.0 Å². The van der Waals surface area contributed by atoms with E-state index < -0.39 is 0 Å². The molecule has 1 N–H and O–H groups in total. The van der Waals surface area contributed by atoms with Crippen LogP contribution >= 0.6 is 11.3 Å². The van der Waals surface area contributed by atoms with E-state index in [1.54, 1.807) is 18.4 Å². The summed E-state index contributed by atoms with van der Waals surface area (Å²) in [7, 11) is 5.45. The Morgan fingerprint density at radius 1 is 1.42 bits per heavy atom. The van der Waals surface area contributed by atoms with Crippen LogP contribution in [0.2, 0.25) is 0 Å². The fourth-order valence-corrected chi connectivity index (χ4v) is 2.19. The summed E-state index contributed by atoms with van der Waals surface area (Å²) in [5, 5.41) is 5.07. The van der Waals surface area contributed by atoms with Gasteiger partial charge in [0.05, 0.1) is 17.7 Å². The van der Waals surface area contributed by atoms with Gasteiger partial charge in [-0.3, -0.25) is 0 Å². The van der Waals surface area contributed by atoms with Gasteiger partial charge in [-0.1, -0.05) is 0 Å². The fourth-order valence-electron chi connectivity index (χ4n) is 1.64. The molecule has 2 rings (SSSR count). The highest BCUT2D eigenvalue weighted by atomic mass is 32.1. The van der Waals surface area contributed by atoms with Crippen molar-refractivity contribution in [2.45, 2.75) is 13.2 Å². The first-order valence-corrected chi connectivity index (χ1v) is 6.80. The third-order valence-corrected chi connectivity index (χ3v) is 3.20. The molecule has 102 valence electrons. The zero-order chi connectivity index (χ0) is 13.7. The number of nitrogens with zero attached hydrogens (tertiary/aromatic N) is 4. The van der Waals surface area contributed by atoms with Crippen LogP contribution in [0.25, 0.3) is 0 Å². The van der Waals surface area contributed by atoms with Gasteiger partial charge in [-0.05, 0) is 0 Å². The third kappa shape index (κ3) is 3.62. The van der Waals surface area contributed by atoms with E-state index in [-0.39, 0.29) is 0 Å². The van der Waals surface area contributed by atoms with Gasteiger partial charge in [0.25, 0.3) is 0 Å². The van der Waals surface area contributed by atoms with Gasteiger partial charge in [0.2, 0.25) is 0 Å². The average molecular weight is 279 g/mol. The van der Waals surface area contributed by atoms with E-state index in [0.29, 0.717) is 12.4 Å². The maximum atomic E-state index is 5.09. The molecule has 19 heavy (non-hydrogen) atoms. The van der Waals surface area contributed by atoms with Crippen LogP contribution in [0.4, 0.5) is 11.6 Å².